The number of nitrogens with zero attached hydrogens (tertiary/aromatic N) is 2. The van der Waals surface area contributed by atoms with Gasteiger partial charge in [-0.25, -0.2) is 4.98 Å². The molecule has 0 aliphatic heterocycles. The Labute approximate surface area is 117 Å². The summed E-state index contributed by atoms with van der Waals surface area (Å²) in [6, 6.07) is 1.63. The topological polar surface area (TPSA) is 84.3 Å². The molecule has 4 atom stereocenters. The van der Waals surface area contributed by atoms with Gasteiger partial charge in [0.25, 0.3) is 0 Å². The fourth-order valence-corrected chi connectivity index (χ4v) is 3.64. The summed E-state index contributed by atoms with van der Waals surface area (Å²) < 4.78 is 5.34. The summed E-state index contributed by atoms with van der Waals surface area (Å²) in [5.74, 6) is 0.647. The zero-order valence-electron chi connectivity index (χ0n) is 11.5. The Morgan fingerprint density at radius 3 is 3.05 bits per heavy atom. The summed E-state index contributed by atoms with van der Waals surface area (Å²) in [7, 11) is 0. The third kappa shape index (κ3) is 2.30. The van der Waals surface area contributed by atoms with Crippen LogP contribution in [0.2, 0.25) is 0 Å². The first-order valence-electron chi connectivity index (χ1n) is 7.14. The van der Waals surface area contributed by atoms with Crippen molar-refractivity contribution in [2.75, 3.05) is 11.9 Å². The van der Waals surface area contributed by atoms with E-state index in [2.05, 4.69) is 15.3 Å². The zero-order valence-corrected chi connectivity index (χ0v) is 11.5. The van der Waals surface area contributed by atoms with Gasteiger partial charge in [0, 0.05) is 18.3 Å². The zero-order chi connectivity index (χ0) is 14.1. The molecule has 0 radical (unpaired) electrons. The van der Waals surface area contributed by atoms with Gasteiger partial charge < -0.3 is 15.2 Å². The highest BCUT2D eigenvalue weighted by Crippen LogP contribution is 2.49. The highest BCUT2D eigenvalue weighted by molar-refractivity contribution is 5.73. The standard InChI is InChI=1S/C14H19N3O3/c1-2-20-10-5-6-15-14(16-10)17-12-9-4-3-8(7-9)11(12)13(18)19/h5-6,8-9,11-12H,2-4,7H2,1H3,(H,18,19)(H,15,16,17). The van der Waals surface area contributed by atoms with E-state index in [4.69, 9.17) is 4.74 Å². The van der Waals surface area contributed by atoms with Crippen LogP contribution in [-0.4, -0.2) is 33.7 Å². The normalized spacial score (nSPS) is 31.2. The number of carboxylic acid groups (broad SMARTS) is 1. The number of carboxylic acids is 1. The van der Waals surface area contributed by atoms with Gasteiger partial charge in [-0.2, -0.15) is 4.98 Å². The minimum Gasteiger partial charge on any atom is -0.481 e. The van der Waals surface area contributed by atoms with Crippen LogP contribution in [0.4, 0.5) is 5.95 Å². The first-order valence-corrected chi connectivity index (χ1v) is 7.14. The molecule has 1 aromatic heterocycles. The predicted octanol–water partition coefficient (Wildman–Crippen LogP) is 1.79. The second kappa shape index (κ2) is 5.26. The Bertz CT molecular complexity index is 508. The summed E-state index contributed by atoms with van der Waals surface area (Å²) in [5, 5.41) is 12.6. The Hall–Kier alpha value is -1.85. The van der Waals surface area contributed by atoms with Crippen molar-refractivity contribution in [3.05, 3.63) is 12.3 Å². The summed E-state index contributed by atoms with van der Waals surface area (Å²) >= 11 is 0. The van der Waals surface area contributed by atoms with E-state index in [-0.39, 0.29) is 12.0 Å². The average molecular weight is 277 g/mol. The van der Waals surface area contributed by atoms with Crippen LogP contribution in [0.15, 0.2) is 12.3 Å². The number of hydrogen-bond acceptors (Lipinski definition) is 5. The van der Waals surface area contributed by atoms with E-state index < -0.39 is 5.97 Å². The second-order valence-corrected chi connectivity index (χ2v) is 5.52. The van der Waals surface area contributed by atoms with Crippen molar-refractivity contribution in [1.82, 2.24) is 9.97 Å². The molecule has 0 spiro atoms. The number of ether oxygens (including phenoxy) is 1. The number of rotatable bonds is 5. The van der Waals surface area contributed by atoms with Gasteiger partial charge in [0.2, 0.25) is 11.8 Å². The maximum atomic E-state index is 11.5. The van der Waals surface area contributed by atoms with E-state index in [9.17, 15) is 9.90 Å². The lowest BCUT2D eigenvalue weighted by Crippen LogP contribution is -2.39. The van der Waals surface area contributed by atoms with E-state index >= 15 is 0 Å². The number of carbonyl (C=O) groups is 1. The van der Waals surface area contributed by atoms with Gasteiger partial charge in [-0.15, -0.1) is 0 Å². The molecule has 108 valence electrons. The SMILES string of the molecule is CCOc1ccnc(NC2C3CCC(C3)C2C(=O)O)n1. The Balaban J connectivity index is 1.76. The molecule has 20 heavy (non-hydrogen) atoms. The maximum Gasteiger partial charge on any atom is 0.308 e. The number of hydrogen-bond donors (Lipinski definition) is 2. The molecule has 0 aromatic carbocycles. The molecule has 2 saturated carbocycles. The van der Waals surface area contributed by atoms with E-state index in [0.717, 1.165) is 19.3 Å². The van der Waals surface area contributed by atoms with E-state index in [0.29, 0.717) is 30.3 Å². The molecule has 4 unspecified atom stereocenters. The van der Waals surface area contributed by atoms with Crippen LogP contribution in [0.25, 0.3) is 0 Å². The molecule has 2 N–H and O–H groups in total. The molecule has 6 nitrogen and oxygen atoms in total. The molecular weight excluding hydrogens is 258 g/mol. The van der Waals surface area contributed by atoms with Crippen molar-refractivity contribution < 1.29 is 14.6 Å². The largest absolute Gasteiger partial charge is 0.481 e. The van der Waals surface area contributed by atoms with Gasteiger partial charge in [0.1, 0.15) is 0 Å². The van der Waals surface area contributed by atoms with Crippen molar-refractivity contribution in [2.24, 2.45) is 17.8 Å². The second-order valence-electron chi connectivity index (χ2n) is 5.52. The third-order valence-corrected chi connectivity index (χ3v) is 4.42. The fraction of sp³-hybridized carbons (Fsp3) is 0.643. The van der Waals surface area contributed by atoms with Crippen molar-refractivity contribution in [2.45, 2.75) is 32.2 Å². The van der Waals surface area contributed by atoms with Gasteiger partial charge >= 0.3 is 5.97 Å². The highest BCUT2D eigenvalue weighted by atomic mass is 16.5. The predicted molar refractivity (Wildman–Crippen MR) is 72.6 cm³/mol. The van der Waals surface area contributed by atoms with E-state index in [1.807, 2.05) is 6.92 Å². The molecule has 2 bridgehead atoms. The van der Waals surface area contributed by atoms with Gasteiger partial charge in [-0.05, 0) is 38.0 Å². The van der Waals surface area contributed by atoms with Crippen LogP contribution in [0.3, 0.4) is 0 Å². The number of fused-ring (bicyclic) bond motifs is 2. The summed E-state index contributed by atoms with van der Waals surface area (Å²) in [4.78, 5) is 19.9. The van der Waals surface area contributed by atoms with Gasteiger partial charge in [-0.3, -0.25) is 4.79 Å². The molecule has 1 heterocycles. The van der Waals surface area contributed by atoms with Crippen LogP contribution in [-0.2, 0) is 4.79 Å². The van der Waals surface area contributed by atoms with Crippen LogP contribution in [0.5, 0.6) is 5.88 Å². The molecule has 0 amide bonds. The first kappa shape index (κ1) is 13.1. The maximum absolute atomic E-state index is 11.5. The summed E-state index contributed by atoms with van der Waals surface area (Å²) in [6.07, 6.45) is 4.75. The lowest BCUT2D eigenvalue weighted by Gasteiger charge is -2.28. The molecule has 2 aliphatic rings. The lowest BCUT2D eigenvalue weighted by atomic mass is 9.84. The fourth-order valence-electron chi connectivity index (χ4n) is 3.64. The van der Waals surface area contributed by atoms with Crippen LogP contribution < -0.4 is 10.1 Å². The first-order chi connectivity index (χ1) is 9.69. The molecule has 3 rings (SSSR count). The van der Waals surface area contributed by atoms with E-state index in [1.54, 1.807) is 12.3 Å². The van der Waals surface area contributed by atoms with Gasteiger partial charge in [0.05, 0.1) is 12.5 Å². The summed E-state index contributed by atoms with van der Waals surface area (Å²) in [5.41, 5.74) is 0. The van der Waals surface area contributed by atoms with Crippen LogP contribution >= 0.6 is 0 Å². The highest BCUT2D eigenvalue weighted by Gasteiger charge is 2.51. The Morgan fingerprint density at radius 2 is 2.30 bits per heavy atom. The van der Waals surface area contributed by atoms with Crippen molar-refractivity contribution in [1.29, 1.82) is 0 Å². The molecule has 2 fully saturated rings. The van der Waals surface area contributed by atoms with Crippen LogP contribution in [0, 0.1) is 17.8 Å². The van der Waals surface area contributed by atoms with Crippen molar-refractivity contribution >= 4 is 11.9 Å². The lowest BCUT2D eigenvalue weighted by molar-refractivity contribution is -0.143. The molecule has 6 heteroatoms. The number of aromatic nitrogens is 2. The molecular formula is C14H19N3O3. The van der Waals surface area contributed by atoms with Crippen LogP contribution in [0.1, 0.15) is 26.2 Å². The van der Waals surface area contributed by atoms with Crippen molar-refractivity contribution in [3.63, 3.8) is 0 Å². The smallest absolute Gasteiger partial charge is 0.308 e. The third-order valence-electron chi connectivity index (χ3n) is 4.42. The Kier molecular flexibility index (Phi) is 3.46. The molecule has 1 aromatic rings. The molecule has 0 saturated heterocycles. The minimum atomic E-state index is -0.712. The van der Waals surface area contributed by atoms with Gasteiger partial charge in [0.15, 0.2) is 0 Å². The quantitative estimate of drug-likeness (QED) is 0.853. The van der Waals surface area contributed by atoms with Crippen molar-refractivity contribution in [3.8, 4) is 5.88 Å². The van der Waals surface area contributed by atoms with E-state index in [1.165, 1.54) is 0 Å². The number of nitrogens with one attached hydrogen (secondary N) is 1. The number of anilines is 1. The van der Waals surface area contributed by atoms with Gasteiger partial charge in [-0.1, -0.05) is 0 Å². The summed E-state index contributed by atoms with van der Waals surface area (Å²) in [6.45, 7) is 2.44. The number of aliphatic carboxylic acids is 1. The monoisotopic (exact) mass is 277 g/mol. The minimum absolute atomic E-state index is 0.0665. The Morgan fingerprint density at radius 1 is 1.50 bits per heavy atom. The average Bonchev–Trinajstić information content (AvgIpc) is 3.00. The molecule has 2 aliphatic carbocycles.